The lowest BCUT2D eigenvalue weighted by Crippen LogP contribution is -2.35. The number of hydrogen-bond donors (Lipinski definition) is 1. The van der Waals surface area contributed by atoms with Gasteiger partial charge in [0, 0.05) is 25.7 Å². The molecule has 0 aliphatic heterocycles. The molecule has 0 fully saturated rings. The lowest BCUT2D eigenvalue weighted by Gasteiger charge is -2.11. The average molecular weight is 883 g/mol. The van der Waals surface area contributed by atoms with Crippen LogP contribution in [0.25, 0.3) is 0 Å². The molecule has 1 atom stereocenters. The van der Waals surface area contributed by atoms with Crippen LogP contribution in [0.5, 0.6) is 0 Å². The van der Waals surface area contributed by atoms with E-state index in [1.54, 1.807) is 0 Å². The van der Waals surface area contributed by atoms with Gasteiger partial charge < -0.3 is 15.2 Å². The number of nitrogens with two attached hydrogens (primary N) is 1. The molecule has 0 spiro atoms. The smallest absolute Gasteiger partial charge is 0.323 e. The van der Waals surface area contributed by atoms with Crippen LogP contribution in [-0.4, -0.2) is 31.2 Å². The summed E-state index contributed by atoms with van der Waals surface area (Å²) in [5.41, 5.74) is 5.91. The summed E-state index contributed by atoms with van der Waals surface area (Å²) in [4.78, 5) is 24.3. The molecule has 0 aliphatic carbocycles. The summed E-state index contributed by atoms with van der Waals surface area (Å²) in [5.74, 6) is 24.0. The van der Waals surface area contributed by atoms with E-state index < -0.39 is 18.0 Å². The Bertz CT molecular complexity index is 1240. The molecule has 0 bridgehead atoms. The Morgan fingerprint density at radius 3 is 0.903 bits per heavy atom. The molecule has 0 saturated heterocycles. The van der Waals surface area contributed by atoms with Gasteiger partial charge in [0.25, 0.3) is 0 Å². The van der Waals surface area contributed by atoms with Gasteiger partial charge in [-0.15, -0.1) is 12.4 Å². The predicted molar refractivity (Wildman–Crippen MR) is 269 cm³/mol. The van der Waals surface area contributed by atoms with Gasteiger partial charge in [0.2, 0.25) is 0 Å². The second-order valence-electron chi connectivity index (χ2n) is 17.4. The van der Waals surface area contributed by atoms with Gasteiger partial charge in [-0.3, -0.25) is 9.59 Å². The average Bonchev–Trinajstić information content (AvgIpc) is 3.26. The highest BCUT2D eigenvalue weighted by molar-refractivity contribution is 5.85. The third-order valence-corrected chi connectivity index (χ3v) is 11.4. The highest BCUT2D eigenvalue weighted by atomic mass is 35.5. The Hall–Kier alpha value is -2.57. The van der Waals surface area contributed by atoms with E-state index >= 15 is 0 Å². The van der Waals surface area contributed by atoms with Crippen molar-refractivity contribution in [1.82, 2.24) is 0 Å². The molecule has 0 heterocycles. The topological polar surface area (TPSA) is 78.6 Å². The minimum atomic E-state index is -0.966. The molecule has 6 heteroatoms. The summed E-state index contributed by atoms with van der Waals surface area (Å²) in [6.45, 7) is 5.27. The van der Waals surface area contributed by atoms with E-state index in [1.807, 2.05) is 0 Å². The maximum absolute atomic E-state index is 12.2. The van der Waals surface area contributed by atoms with Crippen LogP contribution in [0.2, 0.25) is 0 Å². The molecule has 5 nitrogen and oxygen atoms in total. The Morgan fingerprint density at radius 2 is 0.613 bits per heavy atom. The van der Waals surface area contributed by atoms with Crippen molar-refractivity contribution in [3.63, 3.8) is 0 Å². The molecule has 0 radical (unpaired) electrons. The number of ether oxygens (including phenoxy) is 2. The minimum Gasteiger partial charge on any atom is -0.466 e. The van der Waals surface area contributed by atoms with Crippen LogP contribution < -0.4 is 5.73 Å². The molecular formula is C56H96ClNO4. The zero-order valence-corrected chi connectivity index (χ0v) is 41.4. The zero-order valence-electron chi connectivity index (χ0n) is 40.6. The van der Waals surface area contributed by atoms with Crippen molar-refractivity contribution in [1.29, 1.82) is 0 Å². The molecule has 0 aliphatic rings. The van der Waals surface area contributed by atoms with Crippen molar-refractivity contribution in [3.8, 4) is 47.4 Å². The Labute approximate surface area is 391 Å². The first kappa shape index (κ1) is 61.5. The fourth-order valence-corrected chi connectivity index (χ4v) is 7.37. The van der Waals surface area contributed by atoms with Gasteiger partial charge >= 0.3 is 11.9 Å². The molecule has 356 valence electrons. The maximum Gasteiger partial charge on any atom is 0.323 e. The van der Waals surface area contributed by atoms with E-state index in [2.05, 4.69) is 61.2 Å². The van der Waals surface area contributed by atoms with Crippen LogP contribution in [0.4, 0.5) is 0 Å². The van der Waals surface area contributed by atoms with Crippen LogP contribution in [0.3, 0.4) is 0 Å². The second-order valence-corrected chi connectivity index (χ2v) is 17.4. The number of esters is 2. The van der Waals surface area contributed by atoms with Crippen LogP contribution in [-0.2, 0) is 19.1 Å². The lowest BCUT2D eigenvalue weighted by molar-refractivity contribution is -0.152. The summed E-state index contributed by atoms with van der Waals surface area (Å²) < 4.78 is 10.6. The van der Waals surface area contributed by atoms with Gasteiger partial charge in [-0.1, -0.05) is 230 Å². The molecule has 2 N–H and O–H groups in total. The van der Waals surface area contributed by atoms with Crippen molar-refractivity contribution in [2.24, 2.45) is 5.73 Å². The minimum absolute atomic E-state index is 0. The van der Waals surface area contributed by atoms with E-state index in [0.29, 0.717) is 13.2 Å². The largest absolute Gasteiger partial charge is 0.466 e. The number of unbranched alkanes of at least 4 members (excludes halogenated alkanes) is 36. The normalized spacial score (nSPS) is 10.8. The van der Waals surface area contributed by atoms with Crippen molar-refractivity contribution in [2.75, 3.05) is 13.2 Å². The third-order valence-electron chi connectivity index (χ3n) is 11.4. The summed E-state index contributed by atoms with van der Waals surface area (Å²) >= 11 is 0. The van der Waals surface area contributed by atoms with Crippen molar-refractivity contribution < 1.29 is 19.1 Å². The van der Waals surface area contributed by atoms with E-state index in [4.69, 9.17) is 15.2 Å². The molecule has 0 aromatic rings. The highest BCUT2D eigenvalue weighted by Gasteiger charge is 2.19. The standard InChI is InChI=1S/C56H95NO4.ClH/c1-3-5-7-9-11-13-15-17-19-21-23-25-27-29-31-33-35-37-39-41-43-45-47-49-51-60-55(58)53-54(57)56(59)61-52-50-48-46-44-42-40-38-36-34-32-30-28-26-24-22-20-18-16-14-12-10-8-6-4-2;/h54H,3-26,35-53,57H2,1-2H3;1H/t54-;/m0./s1. The van der Waals surface area contributed by atoms with Gasteiger partial charge in [0.05, 0.1) is 19.6 Å². The molecule has 62 heavy (non-hydrogen) atoms. The maximum atomic E-state index is 12.2. The van der Waals surface area contributed by atoms with Crippen molar-refractivity contribution in [3.05, 3.63) is 0 Å². The van der Waals surface area contributed by atoms with Crippen LogP contribution in [0.1, 0.15) is 277 Å². The van der Waals surface area contributed by atoms with Crippen molar-refractivity contribution in [2.45, 2.75) is 283 Å². The number of carbonyl (C=O) groups excluding carboxylic acids is 2. The first-order valence-electron chi connectivity index (χ1n) is 26.1. The summed E-state index contributed by atoms with van der Waals surface area (Å²) in [6.07, 6.45) is 49.0. The quantitative estimate of drug-likeness (QED) is 0.0375. The monoisotopic (exact) mass is 882 g/mol. The third kappa shape index (κ3) is 51.8. The SMILES string of the molecule is CCCCCCCCCCCCCC#CC#CCCCCCCCCCOC(=O)C[C@H](N)C(=O)OCCCCCCCCCC#CC#CCCCCCCCCCCCCC.Cl. The van der Waals surface area contributed by atoms with Crippen LogP contribution in [0.15, 0.2) is 0 Å². The number of rotatable bonds is 43. The zero-order chi connectivity index (χ0) is 44.2. The Kier molecular flexibility index (Phi) is 54.1. The molecule has 0 saturated carbocycles. The molecular weight excluding hydrogens is 786 g/mol. The predicted octanol–water partition coefficient (Wildman–Crippen LogP) is 15.9. The fourth-order valence-electron chi connectivity index (χ4n) is 7.37. The first-order chi connectivity index (χ1) is 30.1. The van der Waals surface area contributed by atoms with Gasteiger partial charge in [0.1, 0.15) is 6.04 Å². The number of hydrogen-bond acceptors (Lipinski definition) is 5. The summed E-state index contributed by atoms with van der Waals surface area (Å²) in [7, 11) is 0. The lowest BCUT2D eigenvalue weighted by atomic mass is 10.1. The van der Waals surface area contributed by atoms with E-state index in [9.17, 15) is 9.59 Å². The summed E-state index contributed by atoms with van der Waals surface area (Å²) in [5, 5.41) is 0. The molecule has 0 aromatic carbocycles. The first-order valence-corrected chi connectivity index (χ1v) is 26.1. The van der Waals surface area contributed by atoms with Crippen LogP contribution >= 0.6 is 12.4 Å². The van der Waals surface area contributed by atoms with Crippen LogP contribution in [0, 0.1) is 47.4 Å². The van der Waals surface area contributed by atoms with E-state index in [1.165, 1.54) is 180 Å². The number of carbonyl (C=O) groups is 2. The Morgan fingerprint density at radius 1 is 0.371 bits per heavy atom. The molecule has 0 unspecified atom stereocenters. The second kappa shape index (κ2) is 54.6. The number of halogens is 1. The highest BCUT2D eigenvalue weighted by Crippen LogP contribution is 2.14. The van der Waals surface area contributed by atoms with Gasteiger partial charge in [-0.05, 0) is 62.2 Å². The van der Waals surface area contributed by atoms with Gasteiger partial charge in [0.15, 0.2) is 0 Å². The van der Waals surface area contributed by atoms with Crippen molar-refractivity contribution >= 4 is 24.3 Å². The van der Waals surface area contributed by atoms with E-state index in [0.717, 1.165) is 77.0 Å². The van der Waals surface area contributed by atoms with Gasteiger partial charge in [-0.25, -0.2) is 0 Å². The molecule has 0 rings (SSSR count). The molecule has 0 amide bonds. The summed E-state index contributed by atoms with van der Waals surface area (Å²) in [6, 6.07) is -0.966. The van der Waals surface area contributed by atoms with E-state index in [-0.39, 0.29) is 18.8 Å². The molecule has 0 aromatic heterocycles. The van der Waals surface area contributed by atoms with Gasteiger partial charge in [-0.2, -0.15) is 0 Å². The Balaban J connectivity index is 0. The fraction of sp³-hybridized carbons (Fsp3) is 0.821.